The molecule has 0 aromatic heterocycles. The Hall–Kier alpha value is -2.60. The SMILES string of the molecule is CC[NH2+]C1C=CC(CC)CC1COC(=O)C12OC1(CC=C(C)CC(NC(N)=[NH+]C)C1CC[NH2+]C(N)C1)C(=O)C1CCCCC1C2=O. The third-order valence-corrected chi connectivity index (χ3v) is 11.6. The van der Waals surface area contributed by atoms with Crippen LogP contribution in [0.4, 0.5) is 0 Å². The highest BCUT2D eigenvalue weighted by molar-refractivity contribution is 6.23. The predicted molar refractivity (Wildman–Crippen MR) is 174 cm³/mol. The second kappa shape index (κ2) is 14.7. The Morgan fingerprint density at radius 3 is 2.61 bits per heavy atom. The van der Waals surface area contributed by atoms with Crippen molar-refractivity contribution in [2.45, 2.75) is 114 Å². The summed E-state index contributed by atoms with van der Waals surface area (Å²) in [5, 5.41) is 7.86. The van der Waals surface area contributed by atoms with E-state index in [9.17, 15) is 14.4 Å². The number of nitrogens with one attached hydrogen (secondary N) is 2. The molecular formula is C35H59N6O5+3. The van der Waals surface area contributed by atoms with Crippen LogP contribution in [0, 0.1) is 29.6 Å². The lowest BCUT2D eigenvalue weighted by atomic mass is 9.61. The molecule has 10 N–H and O–H groups in total. The number of carbonyl (C=O) groups is 3. The molecule has 11 heteroatoms. The first-order valence-electron chi connectivity index (χ1n) is 17.9. The largest absolute Gasteiger partial charge is 0.463 e. The molecule has 0 spiro atoms. The van der Waals surface area contributed by atoms with Crippen molar-refractivity contribution in [1.29, 1.82) is 0 Å². The number of hydrogen-bond acceptors (Lipinski definition) is 6. The molecule has 10 atom stereocenters. The van der Waals surface area contributed by atoms with Crippen LogP contribution in [0.15, 0.2) is 23.8 Å². The summed E-state index contributed by atoms with van der Waals surface area (Å²) in [5.74, 6) is -0.483. The molecule has 0 bridgehead atoms. The minimum absolute atomic E-state index is 0.0477. The molecule has 2 saturated heterocycles. The highest BCUT2D eigenvalue weighted by atomic mass is 16.7. The van der Waals surface area contributed by atoms with E-state index in [0.29, 0.717) is 37.1 Å². The van der Waals surface area contributed by atoms with Gasteiger partial charge in [-0.1, -0.05) is 37.5 Å². The smallest absolute Gasteiger partial charge is 0.350 e. The molecule has 11 nitrogen and oxygen atoms in total. The van der Waals surface area contributed by atoms with E-state index >= 15 is 0 Å². The van der Waals surface area contributed by atoms with Crippen molar-refractivity contribution in [3.05, 3.63) is 23.8 Å². The number of likely N-dealkylation sites (N-methyl/N-ethyl adjacent to an activating group) is 1. The standard InChI is InChI=1S/C35H56N6O5/c1-5-22-11-12-27(39-6-2)24(18-22)20-45-32(44)35-31(43)26-10-8-7-9-25(26)30(42)34(35,46-35)15-13-21(3)17-28(41-33(37)38-4)23-14-16-40-29(36)19-23/h11-13,22-29,39-40H,5-10,14-20,36H2,1-4H3,(H3,37,38,41)/p+3. The van der Waals surface area contributed by atoms with Gasteiger partial charge >= 0.3 is 11.9 Å². The first-order chi connectivity index (χ1) is 22.1. The van der Waals surface area contributed by atoms with Crippen molar-refractivity contribution >= 4 is 23.5 Å². The zero-order valence-corrected chi connectivity index (χ0v) is 28.4. The molecule has 0 aromatic carbocycles. The van der Waals surface area contributed by atoms with Crippen LogP contribution < -0.4 is 32.4 Å². The Morgan fingerprint density at radius 2 is 1.93 bits per heavy atom. The second-order valence-electron chi connectivity index (χ2n) is 14.6. The molecule has 5 rings (SSSR count). The number of hydrogen-bond donors (Lipinski definition) is 6. The fourth-order valence-corrected chi connectivity index (χ4v) is 8.81. The van der Waals surface area contributed by atoms with Gasteiger partial charge in [0, 0.05) is 49.4 Å². The first-order valence-corrected chi connectivity index (χ1v) is 17.9. The molecule has 0 radical (unpaired) electrons. The van der Waals surface area contributed by atoms with E-state index in [1.807, 2.05) is 13.0 Å². The molecule has 0 aromatic rings. The number of piperidine rings is 1. The maximum atomic E-state index is 14.2. The zero-order chi connectivity index (χ0) is 33.1. The molecule has 46 heavy (non-hydrogen) atoms. The predicted octanol–water partition coefficient (Wildman–Crippen LogP) is -1.48. The highest BCUT2D eigenvalue weighted by Crippen LogP contribution is 2.61. The van der Waals surface area contributed by atoms with Gasteiger partial charge in [0.15, 0.2) is 17.2 Å². The number of fused-ring (bicyclic) bond motifs is 2. The van der Waals surface area contributed by atoms with Crippen molar-refractivity contribution in [2.75, 3.05) is 26.7 Å². The normalized spacial score (nSPS) is 38.5. The zero-order valence-electron chi connectivity index (χ0n) is 28.4. The minimum atomic E-state index is -1.84. The minimum Gasteiger partial charge on any atom is -0.463 e. The van der Waals surface area contributed by atoms with Crippen LogP contribution in [0.3, 0.4) is 0 Å². The number of Topliss-reactive ketones (excluding diaryl/α,β-unsaturated/α-hetero) is 2. The van der Waals surface area contributed by atoms with Gasteiger partial charge in [0.1, 0.15) is 18.8 Å². The molecule has 256 valence electrons. The summed E-state index contributed by atoms with van der Waals surface area (Å²) in [6.07, 6.45) is 14.3. The monoisotopic (exact) mass is 643 g/mol. The first kappa shape index (κ1) is 34.7. The summed E-state index contributed by atoms with van der Waals surface area (Å²) in [4.78, 5) is 45.4. The van der Waals surface area contributed by atoms with Crippen molar-refractivity contribution in [1.82, 2.24) is 5.32 Å². The van der Waals surface area contributed by atoms with Crippen LogP contribution in [0.1, 0.15) is 85.0 Å². The van der Waals surface area contributed by atoms with Crippen molar-refractivity contribution in [3.8, 4) is 0 Å². The van der Waals surface area contributed by atoms with Gasteiger partial charge in [-0.25, -0.2) is 4.79 Å². The summed E-state index contributed by atoms with van der Waals surface area (Å²) < 4.78 is 12.3. The number of rotatable bonds is 12. The number of nitrogens with two attached hydrogens (primary N) is 4. The fraction of sp³-hybridized carbons (Fsp3) is 0.771. The Balaban J connectivity index is 1.35. The molecular weight excluding hydrogens is 584 g/mol. The van der Waals surface area contributed by atoms with Crippen LogP contribution in [0.25, 0.3) is 0 Å². The molecule has 5 aliphatic rings. The van der Waals surface area contributed by atoms with E-state index in [4.69, 9.17) is 20.9 Å². The summed E-state index contributed by atoms with van der Waals surface area (Å²) >= 11 is 0. The van der Waals surface area contributed by atoms with Gasteiger partial charge in [0.25, 0.3) is 5.60 Å². The number of quaternary nitrogens is 2. The number of carbonyl (C=O) groups excluding carboxylic acids is 3. The van der Waals surface area contributed by atoms with Crippen molar-refractivity contribution < 1.29 is 39.5 Å². The molecule has 0 amide bonds. The average Bonchev–Trinajstić information content (AvgIpc) is 3.77. The number of ether oxygens (including phenoxy) is 2. The quantitative estimate of drug-likeness (QED) is 0.0371. The lowest BCUT2D eigenvalue weighted by Gasteiger charge is -2.37. The summed E-state index contributed by atoms with van der Waals surface area (Å²) in [5.41, 5.74) is 10.1. The molecule has 2 aliphatic heterocycles. The van der Waals surface area contributed by atoms with Gasteiger partial charge in [0.2, 0.25) is 0 Å². The summed E-state index contributed by atoms with van der Waals surface area (Å²) in [7, 11) is 1.78. The third kappa shape index (κ3) is 6.70. The molecule has 4 fully saturated rings. The number of allylic oxidation sites excluding steroid dienone is 1. The average molecular weight is 644 g/mol. The van der Waals surface area contributed by atoms with Crippen molar-refractivity contribution in [3.63, 3.8) is 0 Å². The lowest BCUT2D eigenvalue weighted by molar-refractivity contribution is -0.699. The van der Waals surface area contributed by atoms with E-state index in [-0.39, 0.29) is 48.8 Å². The highest BCUT2D eigenvalue weighted by Gasteiger charge is 2.86. The van der Waals surface area contributed by atoms with E-state index in [0.717, 1.165) is 57.2 Å². The van der Waals surface area contributed by atoms with Gasteiger partial charge in [0.05, 0.1) is 26.2 Å². The van der Waals surface area contributed by atoms with Gasteiger partial charge in [-0.15, -0.1) is 0 Å². The van der Waals surface area contributed by atoms with Crippen LogP contribution >= 0.6 is 0 Å². The second-order valence-corrected chi connectivity index (χ2v) is 14.6. The van der Waals surface area contributed by atoms with Gasteiger partial charge in [-0.3, -0.25) is 31.4 Å². The van der Waals surface area contributed by atoms with Crippen LogP contribution in [0.2, 0.25) is 0 Å². The molecule has 2 saturated carbocycles. The molecule has 2 heterocycles. The summed E-state index contributed by atoms with van der Waals surface area (Å²) in [6, 6.07) is 0.263. The van der Waals surface area contributed by atoms with E-state index in [1.165, 1.54) is 0 Å². The van der Waals surface area contributed by atoms with Gasteiger partial charge in [-0.05, 0) is 51.5 Å². The summed E-state index contributed by atoms with van der Waals surface area (Å²) in [6.45, 7) is 8.42. The van der Waals surface area contributed by atoms with Crippen LogP contribution in [-0.2, 0) is 23.9 Å². The Labute approximate surface area is 274 Å². The van der Waals surface area contributed by atoms with Crippen molar-refractivity contribution in [2.24, 2.45) is 41.1 Å². The van der Waals surface area contributed by atoms with E-state index in [1.54, 1.807) is 7.05 Å². The third-order valence-electron chi connectivity index (χ3n) is 11.6. The van der Waals surface area contributed by atoms with Crippen LogP contribution in [0.5, 0.6) is 0 Å². The number of epoxide rings is 1. The topological polar surface area (TPSA) is 184 Å². The fourth-order valence-electron chi connectivity index (χ4n) is 8.81. The molecule has 10 unspecified atom stereocenters. The molecule has 3 aliphatic carbocycles. The van der Waals surface area contributed by atoms with Gasteiger partial charge in [-0.2, -0.15) is 0 Å². The van der Waals surface area contributed by atoms with Gasteiger partial charge < -0.3 is 20.1 Å². The number of esters is 1. The maximum Gasteiger partial charge on any atom is 0.350 e. The van der Waals surface area contributed by atoms with E-state index < -0.39 is 29.0 Å². The van der Waals surface area contributed by atoms with Crippen LogP contribution in [-0.4, -0.2) is 79.7 Å². The number of ketones is 2. The Bertz CT molecular complexity index is 1240. The lowest BCUT2D eigenvalue weighted by Crippen LogP contribution is -2.95. The maximum absolute atomic E-state index is 14.2. The van der Waals surface area contributed by atoms with E-state index in [2.05, 4.69) is 46.9 Å². The number of guanidine groups is 1. The Morgan fingerprint density at radius 1 is 1.20 bits per heavy atom. The Kier molecular flexibility index (Phi) is 11.1.